The van der Waals surface area contributed by atoms with Crippen molar-refractivity contribution in [1.29, 1.82) is 0 Å². The predicted octanol–water partition coefficient (Wildman–Crippen LogP) is 2.61. The minimum Gasteiger partial charge on any atom is -0.478 e. The Balaban J connectivity index is 2.28. The largest absolute Gasteiger partial charge is 0.478 e. The lowest BCUT2D eigenvalue weighted by molar-refractivity contribution is -0.123. The van der Waals surface area contributed by atoms with Gasteiger partial charge in [-0.15, -0.1) is 0 Å². The van der Waals surface area contributed by atoms with Crippen molar-refractivity contribution in [2.45, 2.75) is 51.0 Å². The fourth-order valence-electron chi connectivity index (χ4n) is 2.58. The molecule has 0 aromatic heterocycles. The van der Waals surface area contributed by atoms with Crippen LogP contribution in [0.25, 0.3) is 0 Å². The number of hydrogen-bond acceptors (Lipinski definition) is 4. The van der Waals surface area contributed by atoms with Crippen molar-refractivity contribution in [3.8, 4) is 5.75 Å². The molecule has 1 heterocycles. The molecule has 2 rings (SSSR count). The molecule has 7 heteroatoms. The van der Waals surface area contributed by atoms with Crippen LogP contribution in [-0.4, -0.2) is 37.8 Å². The average molecular weight is 340 g/mol. The fraction of sp³-hybridized carbons (Fsp3) is 0.562. The lowest BCUT2D eigenvalue weighted by Gasteiger charge is -2.26. The summed E-state index contributed by atoms with van der Waals surface area (Å²) in [6, 6.07) is 4.61. The molecule has 1 aliphatic rings. The molecule has 1 aliphatic heterocycles. The summed E-state index contributed by atoms with van der Waals surface area (Å²) in [7, 11) is -3.55. The first-order valence-electron chi connectivity index (χ1n) is 8.05. The van der Waals surface area contributed by atoms with E-state index in [1.165, 1.54) is 16.4 Å². The fourth-order valence-corrected chi connectivity index (χ4v) is 4.07. The Morgan fingerprint density at radius 3 is 2.52 bits per heavy atom. The molecule has 0 spiro atoms. The van der Waals surface area contributed by atoms with Crippen LogP contribution in [0.1, 0.15) is 40.0 Å². The zero-order valence-corrected chi connectivity index (χ0v) is 14.6. The van der Waals surface area contributed by atoms with Gasteiger partial charge < -0.3 is 10.1 Å². The van der Waals surface area contributed by atoms with Crippen molar-refractivity contribution >= 4 is 21.6 Å². The SMILES string of the molecule is CCCC[C@@H]1Oc2ccc(S(=O)(=O)N(CC)CC)cc2NC1=O. The number of unbranched alkanes of at least 4 members (excludes halogenated alkanes) is 1. The molecule has 0 aliphatic carbocycles. The normalized spacial score (nSPS) is 17.6. The van der Waals surface area contributed by atoms with Crippen LogP contribution in [-0.2, 0) is 14.8 Å². The minimum absolute atomic E-state index is 0.163. The van der Waals surface area contributed by atoms with E-state index >= 15 is 0 Å². The van der Waals surface area contributed by atoms with E-state index in [0.717, 1.165) is 12.8 Å². The van der Waals surface area contributed by atoms with Gasteiger partial charge in [-0.3, -0.25) is 4.79 Å². The van der Waals surface area contributed by atoms with E-state index in [2.05, 4.69) is 12.2 Å². The van der Waals surface area contributed by atoms with Gasteiger partial charge in [0.15, 0.2) is 6.10 Å². The van der Waals surface area contributed by atoms with Gasteiger partial charge in [0.1, 0.15) is 5.75 Å². The number of nitrogens with one attached hydrogen (secondary N) is 1. The quantitative estimate of drug-likeness (QED) is 0.828. The van der Waals surface area contributed by atoms with E-state index < -0.39 is 16.1 Å². The summed E-state index contributed by atoms with van der Waals surface area (Å²) in [4.78, 5) is 12.2. The number of benzene rings is 1. The Hall–Kier alpha value is -1.60. The standard InChI is InChI=1S/C16H24N2O4S/c1-4-7-8-15-16(19)17-13-11-12(9-10-14(13)22-15)23(20,21)18(5-2)6-3/h9-11,15H,4-8H2,1-3H3,(H,17,19)/t15-/m0/s1. The van der Waals surface area contributed by atoms with Crippen LogP contribution in [0.3, 0.4) is 0 Å². The Morgan fingerprint density at radius 2 is 1.91 bits per heavy atom. The van der Waals surface area contributed by atoms with Crippen molar-refractivity contribution in [3.05, 3.63) is 18.2 Å². The lowest BCUT2D eigenvalue weighted by Crippen LogP contribution is -2.37. The van der Waals surface area contributed by atoms with Gasteiger partial charge in [0.25, 0.3) is 5.91 Å². The average Bonchev–Trinajstić information content (AvgIpc) is 2.53. The number of rotatable bonds is 7. The van der Waals surface area contributed by atoms with E-state index in [1.54, 1.807) is 19.9 Å². The smallest absolute Gasteiger partial charge is 0.265 e. The van der Waals surface area contributed by atoms with Gasteiger partial charge in [-0.1, -0.05) is 27.2 Å². The van der Waals surface area contributed by atoms with Crippen LogP contribution < -0.4 is 10.1 Å². The lowest BCUT2D eigenvalue weighted by atomic mass is 10.1. The van der Waals surface area contributed by atoms with Crippen molar-refractivity contribution in [3.63, 3.8) is 0 Å². The van der Waals surface area contributed by atoms with Crippen molar-refractivity contribution in [1.82, 2.24) is 4.31 Å². The summed E-state index contributed by atoms with van der Waals surface area (Å²) in [5, 5.41) is 2.76. The van der Waals surface area contributed by atoms with Crippen LogP contribution in [0.5, 0.6) is 5.75 Å². The number of hydrogen-bond donors (Lipinski definition) is 1. The Bertz CT molecular complexity index is 669. The van der Waals surface area contributed by atoms with Crippen molar-refractivity contribution in [2.24, 2.45) is 0 Å². The highest BCUT2D eigenvalue weighted by atomic mass is 32.2. The summed E-state index contributed by atoms with van der Waals surface area (Å²) in [5.41, 5.74) is 0.413. The van der Waals surface area contributed by atoms with Crippen LogP contribution in [0, 0.1) is 0 Å². The molecule has 0 saturated carbocycles. The highest BCUT2D eigenvalue weighted by molar-refractivity contribution is 7.89. The molecule has 23 heavy (non-hydrogen) atoms. The Morgan fingerprint density at radius 1 is 1.22 bits per heavy atom. The first-order chi connectivity index (χ1) is 10.9. The van der Waals surface area contributed by atoms with Gasteiger partial charge in [0, 0.05) is 13.1 Å². The Kier molecular flexibility index (Phi) is 5.64. The molecule has 1 aromatic carbocycles. The topological polar surface area (TPSA) is 75.7 Å². The number of sulfonamides is 1. The summed E-state index contributed by atoms with van der Waals surface area (Å²) >= 11 is 0. The van der Waals surface area contributed by atoms with Crippen LogP contribution in [0.15, 0.2) is 23.1 Å². The molecule has 6 nitrogen and oxygen atoms in total. The summed E-state index contributed by atoms with van der Waals surface area (Å²) < 4.78 is 32.2. The van der Waals surface area contributed by atoms with Gasteiger partial charge in [0.2, 0.25) is 10.0 Å². The second-order valence-electron chi connectivity index (χ2n) is 5.49. The maximum absolute atomic E-state index is 12.5. The zero-order chi connectivity index (χ0) is 17.0. The molecular formula is C16H24N2O4S. The second-order valence-corrected chi connectivity index (χ2v) is 7.42. The van der Waals surface area contributed by atoms with Gasteiger partial charge >= 0.3 is 0 Å². The number of ether oxygens (including phenoxy) is 1. The van der Waals surface area contributed by atoms with E-state index in [4.69, 9.17) is 4.74 Å². The summed E-state index contributed by atoms with van der Waals surface area (Å²) in [6.45, 7) is 6.44. The van der Waals surface area contributed by atoms with E-state index in [1.807, 2.05) is 0 Å². The third-order valence-corrected chi connectivity index (χ3v) is 5.98. The van der Waals surface area contributed by atoms with Gasteiger partial charge in [-0.2, -0.15) is 4.31 Å². The molecule has 1 aromatic rings. The highest BCUT2D eigenvalue weighted by Crippen LogP contribution is 2.33. The van der Waals surface area contributed by atoms with Crippen LogP contribution in [0.4, 0.5) is 5.69 Å². The molecule has 0 fully saturated rings. The molecule has 1 atom stereocenters. The van der Waals surface area contributed by atoms with E-state index in [9.17, 15) is 13.2 Å². The van der Waals surface area contributed by atoms with Crippen molar-refractivity contribution < 1.29 is 17.9 Å². The van der Waals surface area contributed by atoms with E-state index in [-0.39, 0.29) is 10.8 Å². The van der Waals surface area contributed by atoms with Crippen LogP contribution >= 0.6 is 0 Å². The maximum atomic E-state index is 12.5. The third-order valence-electron chi connectivity index (χ3n) is 3.93. The van der Waals surface area contributed by atoms with Gasteiger partial charge in [0.05, 0.1) is 10.6 Å². The molecular weight excluding hydrogens is 316 g/mol. The van der Waals surface area contributed by atoms with Gasteiger partial charge in [-0.05, 0) is 31.0 Å². The summed E-state index contributed by atoms with van der Waals surface area (Å²) in [5.74, 6) is 0.299. The maximum Gasteiger partial charge on any atom is 0.265 e. The van der Waals surface area contributed by atoms with Crippen LogP contribution in [0.2, 0.25) is 0 Å². The van der Waals surface area contributed by atoms with Gasteiger partial charge in [-0.25, -0.2) is 8.42 Å². The number of amides is 1. The van der Waals surface area contributed by atoms with Crippen molar-refractivity contribution in [2.75, 3.05) is 18.4 Å². The first kappa shape index (κ1) is 17.7. The molecule has 1 amide bonds. The number of carbonyl (C=O) groups is 1. The monoisotopic (exact) mass is 340 g/mol. The molecule has 0 unspecified atom stereocenters. The second kappa shape index (κ2) is 7.31. The molecule has 0 radical (unpaired) electrons. The number of carbonyl (C=O) groups excluding carboxylic acids is 1. The minimum atomic E-state index is -3.55. The number of nitrogens with zero attached hydrogens (tertiary/aromatic N) is 1. The molecule has 1 N–H and O–H groups in total. The summed E-state index contributed by atoms with van der Waals surface area (Å²) in [6.07, 6.45) is 2.04. The zero-order valence-electron chi connectivity index (χ0n) is 13.8. The third kappa shape index (κ3) is 3.67. The molecule has 0 bridgehead atoms. The number of anilines is 1. The molecule has 128 valence electrons. The molecule has 0 saturated heterocycles. The Labute approximate surface area is 137 Å². The predicted molar refractivity (Wildman–Crippen MR) is 89.1 cm³/mol. The first-order valence-corrected chi connectivity index (χ1v) is 9.49. The van der Waals surface area contributed by atoms with E-state index in [0.29, 0.717) is 30.9 Å². The number of fused-ring (bicyclic) bond motifs is 1. The highest BCUT2D eigenvalue weighted by Gasteiger charge is 2.29.